The van der Waals surface area contributed by atoms with E-state index in [0.717, 1.165) is 42.6 Å². The summed E-state index contributed by atoms with van der Waals surface area (Å²) in [7, 11) is 0. The van der Waals surface area contributed by atoms with Gasteiger partial charge in [0, 0.05) is 21.4 Å². The molecule has 1 saturated carbocycles. The summed E-state index contributed by atoms with van der Waals surface area (Å²) in [5.41, 5.74) is 2.62. The van der Waals surface area contributed by atoms with Crippen molar-refractivity contribution in [2.45, 2.75) is 37.3 Å². The summed E-state index contributed by atoms with van der Waals surface area (Å²) >= 11 is 12.3. The Balaban J connectivity index is 1.75. The molecule has 1 saturated heterocycles. The van der Waals surface area contributed by atoms with Crippen molar-refractivity contribution in [2.75, 3.05) is 9.80 Å². The van der Waals surface area contributed by atoms with Gasteiger partial charge in [-0.05, 0) is 66.9 Å². The van der Waals surface area contributed by atoms with Crippen LogP contribution in [0.3, 0.4) is 0 Å². The van der Waals surface area contributed by atoms with Crippen LogP contribution in [0, 0.1) is 6.57 Å². The number of benzene rings is 3. The number of hydrogen-bond acceptors (Lipinski definition) is 1. The summed E-state index contributed by atoms with van der Waals surface area (Å²) in [6.07, 6.45) is 3.74. The fourth-order valence-corrected chi connectivity index (χ4v) is 5.54. The van der Waals surface area contributed by atoms with Crippen LogP contribution in [-0.4, -0.2) is 12.1 Å². The Bertz CT molecular complexity index is 1200. The predicted octanol–water partition coefficient (Wildman–Crippen LogP) is 7.83. The summed E-state index contributed by atoms with van der Waals surface area (Å²) in [6.45, 7) is 7.52. The molecule has 5 rings (SSSR count). The molecule has 4 nitrogen and oxygen atoms in total. The van der Waals surface area contributed by atoms with Gasteiger partial charge in [0.2, 0.25) is 0 Å². The molecule has 1 heterocycles. The lowest BCUT2D eigenvalue weighted by Crippen LogP contribution is -2.51. The Morgan fingerprint density at radius 3 is 2.22 bits per heavy atom. The van der Waals surface area contributed by atoms with Gasteiger partial charge in [0.1, 0.15) is 0 Å². The van der Waals surface area contributed by atoms with Crippen molar-refractivity contribution in [3.05, 3.63) is 99.8 Å². The number of nitrogens with zero attached hydrogens (tertiary/aromatic N) is 3. The van der Waals surface area contributed by atoms with Gasteiger partial charge in [-0.2, -0.15) is 0 Å². The highest BCUT2D eigenvalue weighted by atomic mass is 35.5. The molecule has 6 heteroatoms. The van der Waals surface area contributed by atoms with Crippen molar-refractivity contribution in [2.24, 2.45) is 0 Å². The first-order valence-corrected chi connectivity index (χ1v) is 11.4. The van der Waals surface area contributed by atoms with Crippen molar-refractivity contribution in [3.63, 3.8) is 0 Å². The Kier molecular flexibility index (Phi) is 5.33. The second-order valence-corrected chi connectivity index (χ2v) is 9.16. The van der Waals surface area contributed by atoms with E-state index in [2.05, 4.69) is 10.9 Å². The van der Waals surface area contributed by atoms with Crippen molar-refractivity contribution in [3.8, 4) is 0 Å². The monoisotopic (exact) mass is 461 g/mol. The lowest BCUT2D eigenvalue weighted by molar-refractivity contribution is 0.252. The molecule has 160 valence electrons. The zero-order chi connectivity index (χ0) is 22.3. The molecule has 1 aliphatic carbocycles. The van der Waals surface area contributed by atoms with Crippen LogP contribution < -0.4 is 9.80 Å². The number of fused-ring (bicyclic) bond motifs is 1. The fraction of sp³-hybridized carbons (Fsp3) is 0.231. The van der Waals surface area contributed by atoms with E-state index in [1.807, 2.05) is 76.5 Å². The molecular formula is C26H21Cl2N3O. The second kappa shape index (κ2) is 8.16. The standard InChI is InChI=1S/C26H21Cl2N3O/c1-29-21-6-4-5-18(17-21)26-16-3-2-7-24(26)30(22-12-8-19(27)9-13-22)25(32)31(26)23-14-10-20(28)11-15-23/h4-6,8-15,17,24H,2-3,7,16H2. The Morgan fingerprint density at radius 2 is 1.56 bits per heavy atom. The van der Waals surface area contributed by atoms with Crippen molar-refractivity contribution in [1.82, 2.24) is 0 Å². The topological polar surface area (TPSA) is 27.9 Å². The summed E-state index contributed by atoms with van der Waals surface area (Å²) < 4.78 is 0. The van der Waals surface area contributed by atoms with E-state index in [0.29, 0.717) is 15.7 Å². The fourth-order valence-electron chi connectivity index (χ4n) is 5.29. The van der Waals surface area contributed by atoms with Gasteiger partial charge in [0.25, 0.3) is 0 Å². The molecule has 2 atom stereocenters. The maximum Gasteiger partial charge on any atom is 0.330 e. The molecule has 3 aromatic carbocycles. The molecule has 2 aliphatic rings. The van der Waals surface area contributed by atoms with Crippen LogP contribution in [0.15, 0.2) is 72.8 Å². The van der Waals surface area contributed by atoms with Gasteiger partial charge >= 0.3 is 6.03 Å². The van der Waals surface area contributed by atoms with E-state index >= 15 is 0 Å². The number of amides is 2. The van der Waals surface area contributed by atoms with Gasteiger partial charge in [-0.3, -0.25) is 9.80 Å². The van der Waals surface area contributed by atoms with Crippen molar-refractivity contribution < 1.29 is 4.79 Å². The lowest BCUT2D eigenvalue weighted by atomic mass is 9.72. The highest BCUT2D eigenvalue weighted by molar-refractivity contribution is 6.31. The largest absolute Gasteiger partial charge is 0.330 e. The van der Waals surface area contributed by atoms with Gasteiger partial charge in [0.05, 0.1) is 18.2 Å². The van der Waals surface area contributed by atoms with E-state index in [1.54, 1.807) is 0 Å². The predicted molar refractivity (Wildman–Crippen MR) is 130 cm³/mol. The number of hydrogen-bond donors (Lipinski definition) is 0. The summed E-state index contributed by atoms with van der Waals surface area (Å²) in [4.78, 5) is 21.6. The van der Waals surface area contributed by atoms with Gasteiger partial charge < -0.3 is 0 Å². The highest BCUT2D eigenvalue weighted by Gasteiger charge is 2.59. The lowest BCUT2D eigenvalue weighted by Gasteiger charge is -2.45. The zero-order valence-corrected chi connectivity index (χ0v) is 18.9. The quantitative estimate of drug-likeness (QED) is 0.365. The molecule has 0 bridgehead atoms. The van der Waals surface area contributed by atoms with Crippen LogP contribution >= 0.6 is 23.2 Å². The molecular weight excluding hydrogens is 441 g/mol. The van der Waals surface area contributed by atoms with E-state index < -0.39 is 5.54 Å². The molecule has 2 fully saturated rings. The number of carbonyl (C=O) groups is 1. The molecule has 2 unspecified atom stereocenters. The first kappa shape index (κ1) is 20.9. The van der Waals surface area contributed by atoms with Gasteiger partial charge in [-0.1, -0.05) is 60.3 Å². The zero-order valence-electron chi connectivity index (χ0n) is 17.3. The average molecular weight is 462 g/mol. The third-order valence-electron chi connectivity index (χ3n) is 6.61. The summed E-state index contributed by atoms with van der Waals surface area (Å²) in [5.74, 6) is 0. The van der Waals surface area contributed by atoms with Crippen molar-refractivity contribution >= 4 is 46.3 Å². The SMILES string of the molecule is [C-]#[N+]c1cccc(C23CCCCC2N(c2ccc(Cl)cc2)C(=O)N3c2ccc(Cl)cc2)c1. The minimum Gasteiger partial charge on any atom is -0.288 e. The molecule has 1 aliphatic heterocycles. The van der Waals surface area contributed by atoms with Crippen molar-refractivity contribution in [1.29, 1.82) is 0 Å². The molecule has 0 radical (unpaired) electrons. The summed E-state index contributed by atoms with van der Waals surface area (Å²) in [6, 6.07) is 22.4. The third-order valence-corrected chi connectivity index (χ3v) is 7.11. The maximum atomic E-state index is 14.1. The van der Waals surface area contributed by atoms with Crippen LogP contribution in [0.25, 0.3) is 4.85 Å². The molecule has 2 amide bonds. The highest BCUT2D eigenvalue weighted by Crippen LogP contribution is 2.53. The van der Waals surface area contributed by atoms with E-state index in [-0.39, 0.29) is 12.1 Å². The number of anilines is 2. The van der Waals surface area contributed by atoms with Gasteiger partial charge in [-0.25, -0.2) is 9.64 Å². The summed E-state index contributed by atoms with van der Waals surface area (Å²) in [5, 5.41) is 1.26. The van der Waals surface area contributed by atoms with E-state index in [1.165, 1.54) is 0 Å². The maximum absolute atomic E-state index is 14.1. The molecule has 0 spiro atoms. The number of halogens is 2. The molecule has 0 aromatic heterocycles. The van der Waals surface area contributed by atoms with E-state index in [9.17, 15) is 4.79 Å². The second-order valence-electron chi connectivity index (χ2n) is 8.29. The Morgan fingerprint density at radius 1 is 0.906 bits per heavy atom. The molecule has 3 aromatic rings. The van der Waals surface area contributed by atoms with Crippen LogP contribution in [0.5, 0.6) is 0 Å². The minimum atomic E-state index is -0.580. The van der Waals surface area contributed by atoms with Crippen LogP contribution in [0.4, 0.5) is 21.9 Å². The van der Waals surface area contributed by atoms with Gasteiger partial charge in [-0.15, -0.1) is 0 Å². The smallest absolute Gasteiger partial charge is 0.288 e. The molecule has 0 N–H and O–H groups in total. The van der Waals surface area contributed by atoms with Crippen LogP contribution in [0.2, 0.25) is 10.0 Å². The van der Waals surface area contributed by atoms with Gasteiger partial charge in [0.15, 0.2) is 5.69 Å². The molecule has 32 heavy (non-hydrogen) atoms. The van der Waals surface area contributed by atoms with Crippen LogP contribution in [0.1, 0.15) is 31.2 Å². The minimum absolute atomic E-state index is 0.0680. The first-order chi connectivity index (χ1) is 15.5. The number of rotatable bonds is 3. The van der Waals surface area contributed by atoms with E-state index in [4.69, 9.17) is 29.8 Å². The average Bonchev–Trinajstić information content (AvgIpc) is 3.09. The first-order valence-electron chi connectivity index (χ1n) is 10.7. The number of urea groups is 1. The third kappa shape index (κ3) is 3.24. The Hall–Kier alpha value is -3.00. The normalized spacial score (nSPS) is 22.5. The number of carbonyl (C=O) groups excluding carboxylic acids is 1. The Labute approximate surface area is 197 Å². The van der Waals surface area contributed by atoms with Crippen LogP contribution in [-0.2, 0) is 5.54 Å².